The Morgan fingerprint density at radius 2 is 2.29 bits per heavy atom. The van der Waals surface area contributed by atoms with Crippen LogP contribution in [0.1, 0.15) is 6.92 Å². The summed E-state index contributed by atoms with van der Waals surface area (Å²) in [6.45, 7) is 1.27. The molecule has 0 aromatic rings. The van der Waals surface area contributed by atoms with Gasteiger partial charge in [-0.3, -0.25) is 0 Å². The molecule has 0 spiro atoms. The van der Waals surface area contributed by atoms with Gasteiger partial charge in [-0.15, -0.1) is 0 Å². The number of alkyl halides is 1. The summed E-state index contributed by atoms with van der Waals surface area (Å²) in [5.41, 5.74) is 4.84. The predicted molar refractivity (Wildman–Crippen MR) is 25.6 cm³/mol. The topological polar surface area (TPSA) is 46.2 Å². The van der Waals surface area contributed by atoms with E-state index in [0.29, 0.717) is 0 Å². The second-order valence-electron chi connectivity index (χ2n) is 1.49. The minimum atomic E-state index is -1.26. The number of halogens is 1. The van der Waals surface area contributed by atoms with Crippen LogP contribution in [0.5, 0.6) is 0 Å². The molecule has 0 saturated carbocycles. The summed E-state index contributed by atoms with van der Waals surface area (Å²) in [5, 5.41) is 8.37. The average Bonchev–Trinajstić information content (AvgIpc) is 1.65. The van der Waals surface area contributed by atoms with Gasteiger partial charge in [0.25, 0.3) is 0 Å². The summed E-state index contributed by atoms with van der Waals surface area (Å²) >= 11 is 0. The highest BCUT2D eigenvalue weighted by Crippen LogP contribution is 1.92. The third-order valence-electron chi connectivity index (χ3n) is 0.749. The normalized spacial score (nSPS) is 18.9. The Labute approximate surface area is 42.1 Å². The molecule has 2 unspecified atom stereocenters. The van der Waals surface area contributed by atoms with Crippen molar-refractivity contribution in [3.8, 4) is 0 Å². The molecule has 0 fully saturated rings. The van der Waals surface area contributed by atoms with Crippen LogP contribution in [-0.2, 0) is 0 Å². The van der Waals surface area contributed by atoms with Crippen LogP contribution in [0.4, 0.5) is 4.39 Å². The fourth-order valence-electron chi connectivity index (χ4n) is 0.197. The number of aliphatic hydroxyl groups is 1. The zero-order chi connectivity index (χ0) is 5.86. The second kappa shape index (κ2) is 2.93. The first-order valence-corrected chi connectivity index (χ1v) is 2.20. The minimum Gasteiger partial charge on any atom is -0.390 e. The molecule has 2 nitrogen and oxygen atoms in total. The molecule has 0 aliphatic heterocycles. The number of hydrogen-bond donors (Lipinski definition) is 2. The van der Waals surface area contributed by atoms with Crippen LogP contribution >= 0.6 is 0 Å². The molecule has 2 atom stereocenters. The van der Waals surface area contributed by atoms with Gasteiger partial charge in [0.15, 0.2) is 0 Å². The van der Waals surface area contributed by atoms with E-state index in [9.17, 15) is 4.39 Å². The molecule has 0 aromatic heterocycles. The smallest absolute Gasteiger partial charge is 0.138 e. The van der Waals surface area contributed by atoms with E-state index in [0.717, 1.165) is 0 Å². The minimum absolute atomic E-state index is 0.0995. The molecule has 0 radical (unpaired) electrons. The average molecular weight is 107 g/mol. The second-order valence-corrected chi connectivity index (χ2v) is 1.49. The molecule has 0 aliphatic carbocycles. The Hall–Kier alpha value is -0.150. The van der Waals surface area contributed by atoms with E-state index in [1.54, 1.807) is 0 Å². The highest BCUT2D eigenvalue weighted by atomic mass is 19.1. The zero-order valence-corrected chi connectivity index (χ0v) is 4.26. The van der Waals surface area contributed by atoms with Gasteiger partial charge >= 0.3 is 0 Å². The molecule has 0 aliphatic rings. The molecule has 3 N–H and O–H groups in total. The van der Waals surface area contributed by atoms with E-state index in [1.165, 1.54) is 6.92 Å². The van der Waals surface area contributed by atoms with Crippen LogP contribution in [0.25, 0.3) is 0 Å². The summed E-state index contributed by atoms with van der Waals surface area (Å²) in [5.74, 6) is 0. The quantitative estimate of drug-likeness (QED) is 0.507. The van der Waals surface area contributed by atoms with E-state index in [2.05, 4.69) is 0 Å². The van der Waals surface area contributed by atoms with Gasteiger partial charge in [-0.25, -0.2) is 4.39 Å². The Morgan fingerprint density at radius 3 is 2.29 bits per heavy atom. The van der Waals surface area contributed by atoms with Crippen molar-refractivity contribution in [2.75, 3.05) is 6.54 Å². The number of aliphatic hydroxyl groups excluding tert-OH is 1. The van der Waals surface area contributed by atoms with E-state index in [4.69, 9.17) is 10.8 Å². The van der Waals surface area contributed by atoms with E-state index in [-0.39, 0.29) is 6.54 Å². The monoisotopic (exact) mass is 107 g/mol. The Balaban J connectivity index is 3.14. The number of nitrogens with two attached hydrogens (primary N) is 1. The van der Waals surface area contributed by atoms with Gasteiger partial charge in [0.1, 0.15) is 6.17 Å². The molecule has 0 amide bonds. The zero-order valence-electron chi connectivity index (χ0n) is 4.26. The van der Waals surface area contributed by atoms with Gasteiger partial charge in [0.2, 0.25) is 0 Å². The van der Waals surface area contributed by atoms with Crippen molar-refractivity contribution in [2.24, 2.45) is 5.73 Å². The number of rotatable bonds is 2. The summed E-state index contributed by atoms with van der Waals surface area (Å²) in [4.78, 5) is 0. The van der Waals surface area contributed by atoms with Crippen molar-refractivity contribution < 1.29 is 9.50 Å². The van der Waals surface area contributed by atoms with E-state index in [1.807, 2.05) is 0 Å². The molecule has 0 saturated heterocycles. The third-order valence-corrected chi connectivity index (χ3v) is 0.749. The first-order chi connectivity index (χ1) is 3.18. The standard InChI is InChI=1S/C4H10FNO/c1-3(7)4(5)2-6/h3-4,7H,2,6H2,1H3. The van der Waals surface area contributed by atoms with Gasteiger partial charge in [0, 0.05) is 6.54 Å². The molecule has 3 heteroatoms. The Morgan fingerprint density at radius 1 is 1.86 bits per heavy atom. The van der Waals surface area contributed by atoms with Crippen LogP contribution in [0.3, 0.4) is 0 Å². The lowest BCUT2D eigenvalue weighted by molar-refractivity contribution is 0.0980. The molecule has 44 valence electrons. The molecular weight excluding hydrogens is 97.0 g/mol. The van der Waals surface area contributed by atoms with Gasteiger partial charge in [-0.05, 0) is 6.92 Å². The van der Waals surface area contributed by atoms with Crippen molar-refractivity contribution in [1.82, 2.24) is 0 Å². The first-order valence-electron chi connectivity index (χ1n) is 2.20. The van der Waals surface area contributed by atoms with Crippen LogP contribution in [-0.4, -0.2) is 23.9 Å². The molecule has 0 rings (SSSR count). The van der Waals surface area contributed by atoms with E-state index < -0.39 is 12.3 Å². The maximum atomic E-state index is 11.9. The highest BCUT2D eigenvalue weighted by molar-refractivity contribution is 4.61. The number of hydrogen-bond acceptors (Lipinski definition) is 2. The summed E-state index contributed by atoms with van der Waals surface area (Å²) < 4.78 is 11.9. The van der Waals surface area contributed by atoms with Crippen LogP contribution in [0.2, 0.25) is 0 Å². The first kappa shape index (κ1) is 6.85. The predicted octanol–water partition coefficient (Wildman–Crippen LogP) is -0.336. The molecule has 0 heterocycles. The maximum Gasteiger partial charge on any atom is 0.138 e. The van der Waals surface area contributed by atoms with E-state index >= 15 is 0 Å². The van der Waals surface area contributed by atoms with Gasteiger partial charge in [-0.1, -0.05) is 0 Å². The van der Waals surface area contributed by atoms with Gasteiger partial charge in [-0.2, -0.15) is 0 Å². The van der Waals surface area contributed by atoms with Gasteiger partial charge < -0.3 is 10.8 Å². The lowest BCUT2D eigenvalue weighted by atomic mass is 10.2. The fraction of sp³-hybridized carbons (Fsp3) is 1.00. The van der Waals surface area contributed by atoms with Crippen LogP contribution in [0, 0.1) is 0 Å². The lowest BCUT2D eigenvalue weighted by Gasteiger charge is -2.05. The molecule has 0 aromatic carbocycles. The summed E-state index contributed by atoms with van der Waals surface area (Å²) in [6.07, 6.45) is -2.19. The Kier molecular flexibility index (Phi) is 2.87. The van der Waals surface area contributed by atoms with Crippen LogP contribution < -0.4 is 5.73 Å². The third kappa shape index (κ3) is 2.53. The summed E-state index contributed by atoms with van der Waals surface area (Å²) in [7, 11) is 0. The Bertz CT molecular complexity index is 49.0. The fourth-order valence-corrected chi connectivity index (χ4v) is 0.197. The van der Waals surface area contributed by atoms with Crippen molar-refractivity contribution in [1.29, 1.82) is 0 Å². The summed E-state index contributed by atoms with van der Waals surface area (Å²) in [6, 6.07) is 0. The van der Waals surface area contributed by atoms with Crippen molar-refractivity contribution in [3.05, 3.63) is 0 Å². The maximum absolute atomic E-state index is 11.9. The molecule has 7 heavy (non-hydrogen) atoms. The van der Waals surface area contributed by atoms with Crippen molar-refractivity contribution >= 4 is 0 Å². The van der Waals surface area contributed by atoms with Crippen molar-refractivity contribution in [2.45, 2.75) is 19.2 Å². The molecular formula is C4H10FNO. The van der Waals surface area contributed by atoms with Gasteiger partial charge in [0.05, 0.1) is 6.10 Å². The lowest BCUT2D eigenvalue weighted by Crippen LogP contribution is -2.26. The van der Waals surface area contributed by atoms with Crippen molar-refractivity contribution in [3.63, 3.8) is 0 Å². The highest BCUT2D eigenvalue weighted by Gasteiger charge is 2.08. The molecule has 0 bridgehead atoms. The SMILES string of the molecule is CC(O)C(F)CN. The van der Waals surface area contributed by atoms with Crippen LogP contribution in [0.15, 0.2) is 0 Å². The largest absolute Gasteiger partial charge is 0.390 e.